The van der Waals surface area contributed by atoms with Crippen molar-refractivity contribution in [3.05, 3.63) is 0 Å². The molecule has 0 heterocycles. The molecule has 0 aromatic rings. The molecule has 0 radical (unpaired) electrons. The first kappa shape index (κ1) is 25.9. The van der Waals surface area contributed by atoms with Crippen molar-refractivity contribution in [3.63, 3.8) is 0 Å². The summed E-state index contributed by atoms with van der Waals surface area (Å²) in [7, 11) is 0. The molecule has 0 saturated carbocycles. The predicted molar refractivity (Wildman–Crippen MR) is 111 cm³/mol. The van der Waals surface area contributed by atoms with Gasteiger partial charge in [0.05, 0.1) is 19.4 Å². The number of esters is 1. The lowest BCUT2D eigenvalue weighted by Gasteiger charge is -2.06. The van der Waals surface area contributed by atoms with E-state index in [1.165, 1.54) is 77.0 Å². The van der Waals surface area contributed by atoms with Crippen LogP contribution < -0.4 is 5.32 Å². The fraction of sp³-hybridized carbons (Fsp3) is 0.909. The average Bonchev–Trinajstić information content (AvgIpc) is 2.64. The molecule has 27 heavy (non-hydrogen) atoms. The van der Waals surface area contributed by atoms with E-state index in [1.807, 2.05) is 0 Å². The van der Waals surface area contributed by atoms with Crippen LogP contribution in [0.3, 0.4) is 0 Å². The summed E-state index contributed by atoms with van der Waals surface area (Å²) in [6.07, 6.45) is 18.8. The van der Waals surface area contributed by atoms with Crippen molar-refractivity contribution in [2.75, 3.05) is 19.7 Å². The van der Waals surface area contributed by atoms with Gasteiger partial charge in [0.25, 0.3) is 0 Å². The van der Waals surface area contributed by atoms with Gasteiger partial charge in [-0.2, -0.15) is 0 Å². The lowest BCUT2D eigenvalue weighted by Crippen LogP contribution is -2.22. The van der Waals surface area contributed by atoms with Crippen LogP contribution in [-0.4, -0.2) is 36.7 Å². The molecule has 0 bridgehead atoms. The Kier molecular flexibility index (Phi) is 20.3. The molecular formula is C22H43NO4. The number of carboxylic acids is 1. The molecule has 0 rings (SSSR count). The molecule has 2 N–H and O–H groups in total. The molecule has 0 aliphatic carbocycles. The molecule has 0 amide bonds. The van der Waals surface area contributed by atoms with Crippen molar-refractivity contribution in [1.82, 2.24) is 5.32 Å². The number of carboxylic acid groups (broad SMARTS) is 1. The Balaban J connectivity index is 3.13. The van der Waals surface area contributed by atoms with E-state index in [0.717, 1.165) is 12.8 Å². The fourth-order valence-electron chi connectivity index (χ4n) is 3.07. The molecule has 5 heteroatoms. The lowest BCUT2D eigenvalue weighted by molar-refractivity contribution is -0.143. The van der Waals surface area contributed by atoms with E-state index in [9.17, 15) is 9.59 Å². The Morgan fingerprint density at radius 3 is 1.63 bits per heavy atom. The number of hydrogen-bond donors (Lipinski definition) is 2. The predicted octanol–water partition coefficient (Wildman–Crippen LogP) is 5.47. The van der Waals surface area contributed by atoms with E-state index in [-0.39, 0.29) is 12.4 Å². The quantitative estimate of drug-likeness (QED) is 0.202. The third-order valence-corrected chi connectivity index (χ3v) is 4.78. The van der Waals surface area contributed by atoms with Crippen molar-refractivity contribution in [2.45, 2.75) is 110 Å². The Morgan fingerprint density at radius 2 is 1.15 bits per heavy atom. The van der Waals surface area contributed by atoms with Crippen molar-refractivity contribution in [3.8, 4) is 0 Å². The molecule has 0 spiro atoms. The maximum atomic E-state index is 11.5. The van der Waals surface area contributed by atoms with Crippen molar-refractivity contribution in [1.29, 1.82) is 0 Å². The van der Waals surface area contributed by atoms with Gasteiger partial charge in [-0.1, -0.05) is 90.4 Å². The van der Waals surface area contributed by atoms with Crippen LogP contribution in [0.2, 0.25) is 0 Å². The normalized spacial score (nSPS) is 10.9. The smallest absolute Gasteiger partial charge is 0.307 e. The van der Waals surface area contributed by atoms with Gasteiger partial charge in [0.15, 0.2) is 0 Å². The van der Waals surface area contributed by atoms with Crippen LogP contribution in [-0.2, 0) is 14.3 Å². The summed E-state index contributed by atoms with van der Waals surface area (Å²) >= 11 is 0. The van der Waals surface area contributed by atoms with E-state index in [1.54, 1.807) is 0 Å². The molecule has 0 aromatic heterocycles. The molecule has 0 atom stereocenters. The summed E-state index contributed by atoms with van der Waals surface area (Å²) in [4.78, 5) is 21.8. The number of ether oxygens (including phenoxy) is 1. The Hall–Kier alpha value is -1.10. The molecule has 5 nitrogen and oxygen atoms in total. The van der Waals surface area contributed by atoms with Gasteiger partial charge in [-0.15, -0.1) is 0 Å². The summed E-state index contributed by atoms with van der Waals surface area (Å²) in [5.41, 5.74) is 0. The fourth-order valence-corrected chi connectivity index (χ4v) is 3.07. The van der Waals surface area contributed by atoms with E-state index >= 15 is 0 Å². The third kappa shape index (κ3) is 22.9. The standard InChI is InChI=1S/C22H43NO4/c1-2-3-4-5-6-7-8-9-10-11-12-13-14-15-20-27-22(26)17-19-23-18-16-21(24)25/h23H,2-20H2,1H3,(H,24,25). The van der Waals surface area contributed by atoms with Gasteiger partial charge in [-0.3, -0.25) is 9.59 Å². The molecule has 0 aliphatic rings. The minimum atomic E-state index is -0.831. The Bertz CT molecular complexity index is 347. The SMILES string of the molecule is CCCCCCCCCCCCCCCCOC(=O)CCNCCC(=O)O. The minimum Gasteiger partial charge on any atom is -0.481 e. The molecule has 0 aromatic carbocycles. The highest BCUT2D eigenvalue weighted by Crippen LogP contribution is 2.12. The monoisotopic (exact) mass is 385 g/mol. The maximum absolute atomic E-state index is 11.5. The number of hydrogen-bond acceptors (Lipinski definition) is 4. The molecule has 0 unspecified atom stereocenters. The Morgan fingerprint density at radius 1 is 0.704 bits per heavy atom. The highest BCUT2D eigenvalue weighted by atomic mass is 16.5. The highest BCUT2D eigenvalue weighted by molar-refractivity contribution is 5.69. The van der Waals surface area contributed by atoms with Gasteiger partial charge in [0.2, 0.25) is 0 Å². The first-order chi connectivity index (χ1) is 13.2. The van der Waals surface area contributed by atoms with Crippen LogP contribution >= 0.6 is 0 Å². The van der Waals surface area contributed by atoms with Gasteiger partial charge < -0.3 is 15.2 Å². The largest absolute Gasteiger partial charge is 0.481 e. The van der Waals surface area contributed by atoms with E-state index < -0.39 is 5.97 Å². The van der Waals surface area contributed by atoms with Gasteiger partial charge in [-0.25, -0.2) is 0 Å². The second kappa shape index (κ2) is 21.2. The second-order valence-electron chi connectivity index (χ2n) is 7.46. The van der Waals surface area contributed by atoms with Crippen LogP contribution in [0.15, 0.2) is 0 Å². The number of rotatable bonds is 21. The van der Waals surface area contributed by atoms with Crippen LogP contribution in [0.1, 0.15) is 110 Å². The zero-order valence-electron chi connectivity index (χ0n) is 17.6. The zero-order chi connectivity index (χ0) is 20.0. The first-order valence-electron chi connectivity index (χ1n) is 11.2. The van der Waals surface area contributed by atoms with Crippen LogP contribution in [0, 0.1) is 0 Å². The third-order valence-electron chi connectivity index (χ3n) is 4.78. The highest BCUT2D eigenvalue weighted by Gasteiger charge is 2.03. The zero-order valence-corrected chi connectivity index (χ0v) is 17.6. The average molecular weight is 386 g/mol. The topological polar surface area (TPSA) is 75.6 Å². The molecule has 160 valence electrons. The van der Waals surface area contributed by atoms with Gasteiger partial charge in [0, 0.05) is 13.1 Å². The number of carbonyl (C=O) groups is 2. The minimum absolute atomic E-state index is 0.0775. The van der Waals surface area contributed by atoms with Crippen LogP contribution in [0.25, 0.3) is 0 Å². The van der Waals surface area contributed by atoms with Crippen molar-refractivity contribution >= 4 is 11.9 Å². The Labute approximate surface area is 166 Å². The number of carbonyl (C=O) groups excluding carboxylic acids is 1. The lowest BCUT2D eigenvalue weighted by atomic mass is 10.0. The molecular weight excluding hydrogens is 342 g/mol. The summed E-state index contributed by atoms with van der Waals surface area (Å²) < 4.78 is 5.18. The van der Waals surface area contributed by atoms with E-state index in [2.05, 4.69) is 12.2 Å². The second-order valence-corrected chi connectivity index (χ2v) is 7.46. The summed E-state index contributed by atoms with van der Waals surface area (Å²) in [6, 6.07) is 0. The molecule has 0 aliphatic heterocycles. The molecule has 0 fully saturated rings. The number of nitrogens with one attached hydrogen (secondary N) is 1. The molecule has 0 saturated heterocycles. The first-order valence-corrected chi connectivity index (χ1v) is 11.2. The van der Waals surface area contributed by atoms with Gasteiger partial charge in [-0.05, 0) is 6.42 Å². The van der Waals surface area contributed by atoms with Crippen molar-refractivity contribution in [2.24, 2.45) is 0 Å². The maximum Gasteiger partial charge on any atom is 0.307 e. The van der Waals surface area contributed by atoms with E-state index in [0.29, 0.717) is 26.1 Å². The number of aliphatic carboxylic acids is 1. The summed E-state index contributed by atoms with van der Waals surface area (Å²) in [6.45, 7) is 3.64. The van der Waals surface area contributed by atoms with Crippen molar-refractivity contribution < 1.29 is 19.4 Å². The van der Waals surface area contributed by atoms with Gasteiger partial charge in [0.1, 0.15) is 0 Å². The number of unbranched alkanes of at least 4 members (excludes halogenated alkanes) is 13. The van der Waals surface area contributed by atoms with E-state index in [4.69, 9.17) is 9.84 Å². The summed E-state index contributed by atoms with van der Waals surface area (Å²) in [5.74, 6) is -1.03. The summed E-state index contributed by atoms with van der Waals surface area (Å²) in [5, 5.41) is 11.4. The van der Waals surface area contributed by atoms with Crippen LogP contribution in [0.5, 0.6) is 0 Å². The van der Waals surface area contributed by atoms with Crippen LogP contribution in [0.4, 0.5) is 0 Å². The van der Waals surface area contributed by atoms with Gasteiger partial charge >= 0.3 is 11.9 Å².